The first-order chi connectivity index (χ1) is 4.52. The minimum absolute atomic E-state index is 0.243. The van der Waals surface area contributed by atoms with Crippen LogP contribution in [0.1, 0.15) is 0 Å². The van der Waals surface area contributed by atoms with E-state index in [1.54, 1.807) is 7.05 Å². The third kappa shape index (κ3) is 1.23. The predicted octanol–water partition coefficient (Wildman–Crippen LogP) is -0.251. The molecule has 1 heterocycles. The predicted molar refractivity (Wildman–Crippen MR) is 36.6 cm³/mol. The lowest BCUT2D eigenvalue weighted by Crippen LogP contribution is -2.19. The van der Waals surface area contributed by atoms with Crippen LogP contribution < -0.4 is 0 Å². The molecule has 0 spiro atoms. The van der Waals surface area contributed by atoms with Gasteiger partial charge in [0.05, 0.1) is 0 Å². The summed E-state index contributed by atoms with van der Waals surface area (Å²) in [6, 6.07) is 0. The molecule has 5 heteroatoms. The highest BCUT2D eigenvalue weighted by atomic mass is 32.2. The first kappa shape index (κ1) is 7.40. The number of nitrogens with zero attached hydrogens (tertiary/aromatic N) is 1. The van der Waals surface area contributed by atoms with E-state index in [9.17, 15) is 8.42 Å². The summed E-state index contributed by atoms with van der Waals surface area (Å²) in [5.74, 6) is 0. The largest absolute Gasteiger partial charge is 0.478 e. The first-order valence-corrected chi connectivity index (χ1v) is 4.64. The van der Waals surface area contributed by atoms with E-state index in [1.807, 2.05) is 0 Å². The van der Waals surface area contributed by atoms with Crippen molar-refractivity contribution in [2.24, 2.45) is 0 Å². The number of ether oxygens (including phenoxy) is 1. The molecular weight excluding hydrogens is 154 g/mol. The van der Waals surface area contributed by atoms with Crippen LogP contribution in [0, 0.1) is 0 Å². The second kappa shape index (κ2) is 2.16. The molecule has 0 aromatic rings. The molecule has 0 amide bonds. The Bertz CT molecular complexity index is 254. The first-order valence-electron chi connectivity index (χ1n) is 2.75. The van der Waals surface area contributed by atoms with Crippen LogP contribution in [0.5, 0.6) is 0 Å². The van der Waals surface area contributed by atoms with Crippen molar-refractivity contribution in [2.75, 3.05) is 20.0 Å². The summed E-state index contributed by atoms with van der Waals surface area (Å²) in [7, 11) is -1.42. The molecule has 0 fully saturated rings. The van der Waals surface area contributed by atoms with Crippen LogP contribution >= 0.6 is 0 Å². The van der Waals surface area contributed by atoms with Crippen molar-refractivity contribution in [3.63, 3.8) is 0 Å². The SMILES string of the molecule is CN1COC=C1S(C)(=O)=O. The van der Waals surface area contributed by atoms with E-state index in [0.717, 1.165) is 6.26 Å². The van der Waals surface area contributed by atoms with Gasteiger partial charge in [0.15, 0.2) is 21.6 Å². The maximum atomic E-state index is 10.9. The van der Waals surface area contributed by atoms with Gasteiger partial charge in [0.25, 0.3) is 0 Å². The molecule has 0 aromatic heterocycles. The van der Waals surface area contributed by atoms with Gasteiger partial charge in [-0.2, -0.15) is 0 Å². The highest BCUT2D eigenvalue weighted by molar-refractivity contribution is 7.94. The zero-order chi connectivity index (χ0) is 7.78. The lowest BCUT2D eigenvalue weighted by atomic mass is 10.8. The lowest BCUT2D eigenvalue weighted by molar-refractivity contribution is 0.190. The average Bonchev–Trinajstić information content (AvgIpc) is 2.11. The van der Waals surface area contributed by atoms with Crippen LogP contribution in [0.2, 0.25) is 0 Å². The van der Waals surface area contributed by atoms with Crippen LogP contribution in [0.15, 0.2) is 11.3 Å². The van der Waals surface area contributed by atoms with Crippen LogP contribution in [-0.2, 0) is 14.6 Å². The third-order valence-electron chi connectivity index (χ3n) is 1.21. The van der Waals surface area contributed by atoms with E-state index in [1.165, 1.54) is 11.2 Å². The highest BCUT2D eigenvalue weighted by Gasteiger charge is 2.20. The molecular formula is C5H9NO3S. The molecule has 0 aliphatic carbocycles. The number of hydrogen-bond donors (Lipinski definition) is 0. The normalized spacial score (nSPS) is 18.6. The van der Waals surface area contributed by atoms with Crippen LogP contribution in [0.25, 0.3) is 0 Å². The van der Waals surface area contributed by atoms with Gasteiger partial charge in [0.1, 0.15) is 6.26 Å². The Morgan fingerprint density at radius 1 is 1.70 bits per heavy atom. The van der Waals surface area contributed by atoms with Crippen LogP contribution in [-0.4, -0.2) is 33.4 Å². The van der Waals surface area contributed by atoms with Gasteiger partial charge in [0.2, 0.25) is 0 Å². The minimum atomic E-state index is -3.09. The Morgan fingerprint density at radius 2 is 2.30 bits per heavy atom. The van der Waals surface area contributed by atoms with Gasteiger partial charge in [-0.1, -0.05) is 0 Å². The Labute approximate surface area is 60.0 Å². The monoisotopic (exact) mass is 163 g/mol. The Hall–Kier alpha value is -0.710. The Kier molecular flexibility index (Phi) is 1.60. The summed E-state index contributed by atoms with van der Waals surface area (Å²) in [6.45, 7) is 0.322. The summed E-state index contributed by atoms with van der Waals surface area (Å²) in [5, 5.41) is 0.243. The van der Waals surface area contributed by atoms with Gasteiger partial charge in [-0.3, -0.25) is 0 Å². The molecule has 1 aliphatic heterocycles. The summed E-state index contributed by atoms with van der Waals surface area (Å²) in [6.07, 6.45) is 2.42. The standard InChI is InChI=1S/C5H9NO3S/c1-6-4-9-3-5(6)10(2,7)8/h3H,4H2,1-2H3. The van der Waals surface area contributed by atoms with Crippen LogP contribution in [0.3, 0.4) is 0 Å². The fraction of sp³-hybridized carbons (Fsp3) is 0.600. The number of rotatable bonds is 1. The molecule has 1 rings (SSSR count). The molecule has 0 aromatic carbocycles. The lowest BCUT2D eigenvalue weighted by Gasteiger charge is -2.10. The van der Waals surface area contributed by atoms with E-state index in [4.69, 9.17) is 4.74 Å². The zero-order valence-corrected chi connectivity index (χ0v) is 6.68. The minimum Gasteiger partial charge on any atom is -0.478 e. The summed E-state index contributed by atoms with van der Waals surface area (Å²) in [5.41, 5.74) is 0. The third-order valence-corrected chi connectivity index (χ3v) is 2.38. The van der Waals surface area contributed by atoms with Crippen molar-refractivity contribution in [1.82, 2.24) is 4.90 Å². The second-order valence-corrected chi connectivity index (χ2v) is 4.18. The Morgan fingerprint density at radius 3 is 2.50 bits per heavy atom. The van der Waals surface area contributed by atoms with E-state index in [0.29, 0.717) is 6.73 Å². The molecule has 0 saturated heterocycles. The van der Waals surface area contributed by atoms with Crippen molar-refractivity contribution in [3.8, 4) is 0 Å². The van der Waals surface area contributed by atoms with Crippen molar-refractivity contribution in [1.29, 1.82) is 0 Å². The van der Waals surface area contributed by atoms with E-state index in [2.05, 4.69) is 0 Å². The zero-order valence-electron chi connectivity index (χ0n) is 5.86. The van der Waals surface area contributed by atoms with Crippen molar-refractivity contribution >= 4 is 9.84 Å². The van der Waals surface area contributed by atoms with Gasteiger partial charge in [0, 0.05) is 13.3 Å². The van der Waals surface area contributed by atoms with Gasteiger partial charge in [-0.15, -0.1) is 0 Å². The van der Waals surface area contributed by atoms with E-state index >= 15 is 0 Å². The molecule has 4 nitrogen and oxygen atoms in total. The van der Waals surface area contributed by atoms with Crippen molar-refractivity contribution < 1.29 is 13.2 Å². The molecule has 10 heavy (non-hydrogen) atoms. The molecule has 0 radical (unpaired) electrons. The summed E-state index contributed by atoms with van der Waals surface area (Å²) in [4.78, 5) is 1.54. The summed E-state index contributed by atoms with van der Waals surface area (Å²) >= 11 is 0. The smallest absolute Gasteiger partial charge is 0.193 e. The molecule has 0 atom stereocenters. The summed E-state index contributed by atoms with van der Waals surface area (Å²) < 4.78 is 26.5. The second-order valence-electron chi connectivity index (χ2n) is 2.22. The fourth-order valence-electron chi connectivity index (χ4n) is 0.744. The molecule has 0 saturated carbocycles. The van der Waals surface area contributed by atoms with Gasteiger partial charge in [-0.25, -0.2) is 8.42 Å². The average molecular weight is 163 g/mol. The van der Waals surface area contributed by atoms with Gasteiger partial charge < -0.3 is 9.64 Å². The molecule has 58 valence electrons. The fourth-order valence-corrected chi connectivity index (χ4v) is 1.61. The molecule has 0 N–H and O–H groups in total. The highest BCUT2D eigenvalue weighted by Crippen LogP contribution is 2.14. The maximum Gasteiger partial charge on any atom is 0.193 e. The molecule has 0 bridgehead atoms. The van der Waals surface area contributed by atoms with Gasteiger partial charge in [-0.05, 0) is 0 Å². The quantitative estimate of drug-likeness (QED) is 0.534. The Balaban J connectivity index is 2.94. The van der Waals surface area contributed by atoms with Crippen molar-refractivity contribution in [3.05, 3.63) is 11.3 Å². The number of sulfone groups is 1. The molecule has 1 aliphatic rings. The van der Waals surface area contributed by atoms with E-state index < -0.39 is 9.84 Å². The van der Waals surface area contributed by atoms with Gasteiger partial charge >= 0.3 is 0 Å². The van der Waals surface area contributed by atoms with Crippen molar-refractivity contribution in [2.45, 2.75) is 0 Å². The number of hydrogen-bond acceptors (Lipinski definition) is 4. The van der Waals surface area contributed by atoms with Crippen LogP contribution in [0.4, 0.5) is 0 Å². The topological polar surface area (TPSA) is 46.6 Å². The van der Waals surface area contributed by atoms with E-state index in [-0.39, 0.29) is 5.03 Å². The maximum absolute atomic E-state index is 10.9. The molecule has 0 unspecified atom stereocenters.